The molecule has 0 spiro atoms. The van der Waals surface area contributed by atoms with Crippen molar-refractivity contribution in [1.29, 1.82) is 0 Å². The van der Waals surface area contributed by atoms with Gasteiger partial charge in [-0.15, -0.1) is 11.3 Å². The SMILES string of the molecule is c1ccc(-n2c3ccccc3c3cccc(N(c4ccc5ccc6ccc7ccccc7c6c5c4)c4cccc5c4sc4ccccc45)c32)cc1. The van der Waals surface area contributed by atoms with E-state index in [1.165, 1.54) is 80.0 Å². The topological polar surface area (TPSA) is 8.17 Å². The van der Waals surface area contributed by atoms with Crippen molar-refractivity contribution < 1.29 is 0 Å². The molecule has 0 aliphatic rings. The zero-order valence-corrected chi connectivity index (χ0v) is 28.4. The van der Waals surface area contributed by atoms with E-state index >= 15 is 0 Å². The number of aromatic nitrogens is 1. The van der Waals surface area contributed by atoms with Crippen LogP contribution in [0.4, 0.5) is 17.1 Å². The quantitative estimate of drug-likeness (QED) is 0.170. The molecule has 9 aromatic carbocycles. The van der Waals surface area contributed by atoms with Gasteiger partial charge in [-0.3, -0.25) is 0 Å². The number of fused-ring (bicyclic) bond motifs is 11. The maximum Gasteiger partial charge on any atom is 0.0782 e. The Bertz CT molecular complexity index is 3150. The minimum absolute atomic E-state index is 1.13. The zero-order chi connectivity index (χ0) is 33.5. The minimum atomic E-state index is 1.13. The lowest BCUT2D eigenvalue weighted by Gasteiger charge is -2.28. The maximum absolute atomic E-state index is 2.52. The van der Waals surface area contributed by atoms with Crippen LogP contribution in [0.2, 0.25) is 0 Å². The molecule has 0 fully saturated rings. The second kappa shape index (κ2) is 11.0. The molecule has 0 bridgehead atoms. The summed E-state index contributed by atoms with van der Waals surface area (Å²) in [6.45, 7) is 0. The Kier molecular flexibility index (Phi) is 6.16. The number of benzene rings is 9. The van der Waals surface area contributed by atoms with Crippen LogP contribution >= 0.6 is 11.3 Å². The van der Waals surface area contributed by atoms with Crippen LogP contribution in [0.3, 0.4) is 0 Å². The molecule has 0 radical (unpaired) electrons. The summed E-state index contributed by atoms with van der Waals surface area (Å²) in [5.41, 5.74) is 6.98. The molecular formula is C48H30N2S. The Hall–Kier alpha value is -6.42. The maximum atomic E-state index is 2.52. The lowest BCUT2D eigenvalue weighted by atomic mass is 9.96. The zero-order valence-electron chi connectivity index (χ0n) is 27.6. The molecule has 3 heteroatoms. The van der Waals surface area contributed by atoms with Crippen LogP contribution < -0.4 is 4.90 Å². The van der Waals surface area contributed by atoms with Crippen LogP contribution in [0.1, 0.15) is 0 Å². The van der Waals surface area contributed by atoms with Gasteiger partial charge in [0.2, 0.25) is 0 Å². The first-order valence-corrected chi connectivity index (χ1v) is 18.3. The second-order valence-corrected chi connectivity index (χ2v) is 14.4. The van der Waals surface area contributed by atoms with E-state index in [0.717, 1.165) is 17.1 Å². The number of para-hydroxylation sites is 3. The van der Waals surface area contributed by atoms with E-state index in [9.17, 15) is 0 Å². The van der Waals surface area contributed by atoms with Crippen LogP contribution in [-0.4, -0.2) is 4.57 Å². The molecule has 0 aliphatic heterocycles. The van der Waals surface area contributed by atoms with E-state index in [1.54, 1.807) is 0 Å². The van der Waals surface area contributed by atoms with Crippen molar-refractivity contribution in [2.24, 2.45) is 0 Å². The Labute approximate surface area is 298 Å². The average Bonchev–Trinajstić information content (AvgIpc) is 3.75. The molecular weight excluding hydrogens is 637 g/mol. The molecule has 2 heterocycles. The van der Waals surface area contributed by atoms with Gasteiger partial charge in [0.05, 0.1) is 27.1 Å². The molecule has 0 unspecified atom stereocenters. The van der Waals surface area contributed by atoms with Gasteiger partial charge in [-0.1, -0.05) is 133 Å². The van der Waals surface area contributed by atoms with Gasteiger partial charge in [-0.05, 0) is 80.8 Å². The molecule has 11 aromatic rings. The van der Waals surface area contributed by atoms with Crippen molar-refractivity contribution >= 4 is 103 Å². The first-order chi connectivity index (χ1) is 25.3. The number of nitrogens with zero attached hydrogens (tertiary/aromatic N) is 2. The normalized spacial score (nSPS) is 11.9. The van der Waals surface area contributed by atoms with E-state index in [-0.39, 0.29) is 0 Å². The third-order valence-corrected chi connectivity index (χ3v) is 11.7. The summed E-state index contributed by atoms with van der Waals surface area (Å²) in [6.07, 6.45) is 0. The highest BCUT2D eigenvalue weighted by Crippen LogP contribution is 2.49. The summed E-state index contributed by atoms with van der Waals surface area (Å²) in [5.74, 6) is 0. The fourth-order valence-electron chi connectivity index (χ4n) is 8.30. The minimum Gasteiger partial charge on any atom is -0.307 e. The Morgan fingerprint density at radius 1 is 0.412 bits per heavy atom. The highest BCUT2D eigenvalue weighted by Gasteiger charge is 2.24. The van der Waals surface area contributed by atoms with E-state index in [1.807, 2.05) is 11.3 Å². The second-order valence-electron chi connectivity index (χ2n) is 13.3. The van der Waals surface area contributed by atoms with Crippen LogP contribution in [0.15, 0.2) is 182 Å². The third-order valence-electron chi connectivity index (χ3n) is 10.5. The number of thiophene rings is 1. The van der Waals surface area contributed by atoms with E-state index in [0.29, 0.717) is 0 Å². The molecule has 11 rings (SSSR count). The monoisotopic (exact) mass is 666 g/mol. The van der Waals surface area contributed by atoms with Gasteiger partial charge in [0.15, 0.2) is 0 Å². The Morgan fingerprint density at radius 3 is 1.90 bits per heavy atom. The van der Waals surface area contributed by atoms with Crippen molar-refractivity contribution in [2.75, 3.05) is 4.90 Å². The molecule has 0 atom stereocenters. The number of hydrogen-bond donors (Lipinski definition) is 0. The lowest BCUT2D eigenvalue weighted by Crippen LogP contribution is -2.12. The highest BCUT2D eigenvalue weighted by molar-refractivity contribution is 7.26. The van der Waals surface area contributed by atoms with E-state index in [4.69, 9.17) is 0 Å². The van der Waals surface area contributed by atoms with Gasteiger partial charge < -0.3 is 9.47 Å². The smallest absolute Gasteiger partial charge is 0.0782 e. The Morgan fingerprint density at radius 2 is 1.04 bits per heavy atom. The van der Waals surface area contributed by atoms with Crippen LogP contribution in [0, 0.1) is 0 Å². The van der Waals surface area contributed by atoms with Gasteiger partial charge in [-0.2, -0.15) is 0 Å². The first-order valence-electron chi connectivity index (χ1n) is 17.4. The lowest BCUT2D eigenvalue weighted by molar-refractivity contribution is 1.17. The molecule has 2 nitrogen and oxygen atoms in total. The highest BCUT2D eigenvalue weighted by atomic mass is 32.1. The number of anilines is 3. The summed E-state index contributed by atoms with van der Waals surface area (Å²) in [5, 5.41) is 12.6. The Balaban J connectivity index is 1.29. The van der Waals surface area contributed by atoms with Gasteiger partial charge in [0.25, 0.3) is 0 Å². The van der Waals surface area contributed by atoms with Crippen molar-refractivity contribution in [2.45, 2.75) is 0 Å². The summed E-state index contributed by atoms with van der Waals surface area (Å²) in [7, 11) is 0. The van der Waals surface area contributed by atoms with Gasteiger partial charge in [-0.25, -0.2) is 0 Å². The summed E-state index contributed by atoms with van der Waals surface area (Å²) < 4.78 is 5.02. The molecule has 0 N–H and O–H groups in total. The van der Waals surface area contributed by atoms with Crippen molar-refractivity contribution in [1.82, 2.24) is 4.57 Å². The molecule has 0 saturated heterocycles. The molecule has 0 saturated carbocycles. The van der Waals surface area contributed by atoms with Crippen molar-refractivity contribution in [3.63, 3.8) is 0 Å². The fourth-order valence-corrected chi connectivity index (χ4v) is 9.50. The summed E-state index contributed by atoms with van der Waals surface area (Å²) in [4.78, 5) is 2.52. The third kappa shape index (κ3) is 4.22. The average molecular weight is 667 g/mol. The van der Waals surface area contributed by atoms with Gasteiger partial charge in [0, 0.05) is 37.6 Å². The van der Waals surface area contributed by atoms with Gasteiger partial charge >= 0.3 is 0 Å². The van der Waals surface area contributed by atoms with Gasteiger partial charge in [0.1, 0.15) is 0 Å². The van der Waals surface area contributed by atoms with E-state index < -0.39 is 0 Å². The van der Waals surface area contributed by atoms with Crippen molar-refractivity contribution in [3.8, 4) is 5.69 Å². The largest absolute Gasteiger partial charge is 0.307 e. The molecule has 0 aliphatic carbocycles. The molecule has 2 aromatic heterocycles. The van der Waals surface area contributed by atoms with Crippen LogP contribution in [-0.2, 0) is 0 Å². The van der Waals surface area contributed by atoms with Crippen LogP contribution in [0.25, 0.3) is 80.0 Å². The van der Waals surface area contributed by atoms with Crippen LogP contribution in [0.5, 0.6) is 0 Å². The predicted octanol–water partition coefficient (Wildman–Crippen LogP) is 14.1. The summed E-state index contributed by atoms with van der Waals surface area (Å²) >= 11 is 1.88. The van der Waals surface area contributed by atoms with Crippen molar-refractivity contribution in [3.05, 3.63) is 182 Å². The number of hydrogen-bond acceptors (Lipinski definition) is 2. The standard InChI is InChI=1S/C48H30N2S/c1-2-13-34(14-3-1)50-42-20-8-6-16-37(42)39-18-10-21-43(47(39)50)49(44-22-11-19-40-38-17-7-9-23-45(38)51-48(40)44)35-29-28-32-25-27-33-26-24-31-12-4-5-15-36(31)46(33)41(32)30-35/h1-30H. The summed E-state index contributed by atoms with van der Waals surface area (Å²) in [6, 6.07) is 66.8. The fraction of sp³-hybridized carbons (Fsp3) is 0. The first kappa shape index (κ1) is 28.4. The number of rotatable bonds is 4. The molecule has 51 heavy (non-hydrogen) atoms. The predicted molar refractivity (Wildman–Crippen MR) is 221 cm³/mol. The molecule has 238 valence electrons. The molecule has 0 amide bonds. The van der Waals surface area contributed by atoms with E-state index in [2.05, 4.69) is 191 Å².